The molecule has 34 heavy (non-hydrogen) atoms. The number of nitrogens with zero attached hydrogens (tertiary/aromatic N) is 3. The topological polar surface area (TPSA) is 62.1 Å². The van der Waals surface area contributed by atoms with Gasteiger partial charge in [-0.1, -0.05) is 54.1 Å². The monoisotopic (exact) mass is 525 g/mol. The highest BCUT2D eigenvalue weighted by Crippen LogP contribution is 2.32. The Labute approximate surface area is 204 Å². The fourth-order valence-corrected chi connectivity index (χ4v) is 4.84. The highest BCUT2D eigenvalue weighted by atomic mass is 35.5. The van der Waals surface area contributed by atoms with Crippen molar-refractivity contribution < 1.29 is 21.6 Å². The van der Waals surface area contributed by atoms with E-state index in [4.69, 9.17) is 23.2 Å². The maximum atomic E-state index is 12.8. The highest BCUT2D eigenvalue weighted by molar-refractivity contribution is 7.90. The SMILES string of the molecule is O=S(=O)(/N=C(/Cl)N1C[C@@H](c2ccccc2)C(c2ccc(Cl)cc2)=N1)c1ccc(C(F)(F)F)cc1. The standard InChI is InChI=1S/C23H16Cl2F3N3O2S/c24-18-10-6-16(7-11-18)21-20(15-4-2-1-3-5-15)14-31(29-21)22(25)30-34(32,33)19-12-8-17(9-13-19)23(26,27)28/h1-13,20H,14H2/b30-22-/t20-/m0/s1. The first-order chi connectivity index (χ1) is 16.0. The number of sulfonamides is 1. The van der Waals surface area contributed by atoms with Crippen LogP contribution in [0, 0.1) is 0 Å². The van der Waals surface area contributed by atoms with Gasteiger partial charge in [-0.15, -0.1) is 4.40 Å². The second-order valence-corrected chi connectivity index (χ2v) is 9.77. The van der Waals surface area contributed by atoms with Crippen LogP contribution in [0.4, 0.5) is 13.2 Å². The molecule has 5 nitrogen and oxygen atoms in total. The number of benzene rings is 3. The number of amidine groups is 1. The van der Waals surface area contributed by atoms with Gasteiger partial charge in [-0.05, 0) is 59.1 Å². The van der Waals surface area contributed by atoms with Gasteiger partial charge in [0.2, 0.25) is 5.29 Å². The first-order valence-corrected chi connectivity index (χ1v) is 12.1. The average Bonchev–Trinajstić information content (AvgIpc) is 3.25. The van der Waals surface area contributed by atoms with Crippen molar-refractivity contribution in [3.8, 4) is 0 Å². The number of rotatable bonds is 4. The molecule has 3 aromatic rings. The third kappa shape index (κ3) is 5.27. The van der Waals surface area contributed by atoms with E-state index in [1.54, 1.807) is 24.3 Å². The van der Waals surface area contributed by atoms with E-state index in [0.717, 1.165) is 23.3 Å². The zero-order chi connectivity index (χ0) is 24.5. The molecule has 0 unspecified atom stereocenters. The van der Waals surface area contributed by atoms with E-state index in [2.05, 4.69) is 9.50 Å². The van der Waals surface area contributed by atoms with Crippen LogP contribution < -0.4 is 0 Å². The van der Waals surface area contributed by atoms with Gasteiger partial charge in [-0.2, -0.15) is 26.7 Å². The summed E-state index contributed by atoms with van der Waals surface area (Å²) in [5, 5.41) is 5.88. The maximum absolute atomic E-state index is 12.8. The van der Waals surface area contributed by atoms with Crippen LogP contribution in [0.1, 0.15) is 22.6 Å². The van der Waals surface area contributed by atoms with Gasteiger partial charge in [-0.3, -0.25) is 0 Å². The second-order valence-electron chi connectivity index (χ2n) is 7.40. The first-order valence-electron chi connectivity index (χ1n) is 9.89. The minimum Gasteiger partial charge on any atom is -0.236 e. The van der Waals surface area contributed by atoms with Gasteiger partial charge >= 0.3 is 6.18 Å². The van der Waals surface area contributed by atoms with Gasteiger partial charge in [0.25, 0.3) is 10.0 Å². The maximum Gasteiger partial charge on any atom is 0.416 e. The van der Waals surface area contributed by atoms with Crippen LogP contribution in [0.25, 0.3) is 0 Å². The van der Waals surface area contributed by atoms with Crippen molar-refractivity contribution in [3.05, 3.63) is 101 Å². The van der Waals surface area contributed by atoms with E-state index >= 15 is 0 Å². The van der Waals surface area contributed by atoms with Crippen LogP contribution in [0.2, 0.25) is 5.02 Å². The van der Waals surface area contributed by atoms with Gasteiger partial charge in [0.15, 0.2) is 0 Å². The summed E-state index contributed by atoms with van der Waals surface area (Å²) in [4.78, 5) is -0.417. The van der Waals surface area contributed by atoms with Crippen molar-refractivity contribution >= 4 is 44.2 Å². The molecule has 0 aromatic heterocycles. The lowest BCUT2D eigenvalue weighted by Gasteiger charge is -2.15. The van der Waals surface area contributed by atoms with Gasteiger partial charge in [0.1, 0.15) is 0 Å². The molecular formula is C23H16Cl2F3N3O2S. The summed E-state index contributed by atoms with van der Waals surface area (Å²) in [5.74, 6) is -0.236. The molecule has 1 heterocycles. The molecule has 0 fully saturated rings. The summed E-state index contributed by atoms with van der Waals surface area (Å²) in [7, 11) is -4.37. The fourth-order valence-electron chi connectivity index (χ4n) is 3.46. The van der Waals surface area contributed by atoms with E-state index in [1.807, 2.05) is 30.3 Å². The van der Waals surface area contributed by atoms with E-state index in [1.165, 1.54) is 5.01 Å². The lowest BCUT2D eigenvalue weighted by atomic mass is 9.91. The third-order valence-corrected chi connectivity index (χ3v) is 7.06. The molecule has 0 N–H and O–H groups in total. The Kier molecular flexibility index (Phi) is 6.71. The van der Waals surface area contributed by atoms with Crippen LogP contribution in [0.15, 0.2) is 93.3 Å². The Morgan fingerprint density at radius 3 is 2.18 bits per heavy atom. The molecule has 0 amide bonds. The second kappa shape index (κ2) is 9.40. The summed E-state index contributed by atoms with van der Waals surface area (Å²) in [6, 6.07) is 19.5. The zero-order valence-electron chi connectivity index (χ0n) is 17.2. The molecule has 0 radical (unpaired) electrons. The summed E-state index contributed by atoms with van der Waals surface area (Å²) < 4.78 is 67.2. The normalized spacial score (nSPS) is 17.1. The summed E-state index contributed by atoms with van der Waals surface area (Å²) >= 11 is 12.2. The lowest BCUT2D eigenvalue weighted by Crippen LogP contribution is -2.23. The van der Waals surface area contributed by atoms with E-state index in [9.17, 15) is 21.6 Å². The Balaban J connectivity index is 1.66. The summed E-state index contributed by atoms with van der Waals surface area (Å²) in [5.41, 5.74) is 1.39. The number of halogens is 5. The average molecular weight is 526 g/mol. The number of hydrogen-bond donors (Lipinski definition) is 0. The molecule has 11 heteroatoms. The lowest BCUT2D eigenvalue weighted by molar-refractivity contribution is -0.137. The summed E-state index contributed by atoms with van der Waals surface area (Å²) in [6.07, 6.45) is -4.59. The predicted molar refractivity (Wildman–Crippen MR) is 126 cm³/mol. The molecule has 176 valence electrons. The van der Waals surface area contributed by atoms with Crippen LogP contribution in [-0.2, 0) is 16.2 Å². The Hall–Kier alpha value is -2.88. The molecule has 3 aromatic carbocycles. The van der Waals surface area contributed by atoms with Crippen molar-refractivity contribution in [1.29, 1.82) is 0 Å². The number of alkyl halides is 3. The molecule has 0 saturated carbocycles. The van der Waals surface area contributed by atoms with Gasteiger partial charge in [0.05, 0.1) is 22.7 Å². The van der Waals surface area contributed by atoms with E-state index in [-0.39, 0.29) is 12.5 Å². The van der Waals surface area contributed by atoms with Gasteiger partial charge in [0, 0.05) is 10.9 Å². The third-order valence-electron chi connectivity index (χ3n) is 5.14. The summed E-state index contributed by atoms with van der Waals surface area (Å²) in [6.45, 7) is 0.215. The zero-order valence-corrected chi connectivity index (χ0v) is 19.6. The Morgan fingerprint density at radius 1 is 0.971 bits per heavy atom. The van der Waals surface area contributed by atoms with E-state index in [0.29, 0.717) is 22.9 Å². The van der Waals surface area contributed by atoms with Gasteiger partial charge < -0.3 is 0 Å². The Bertz CT molecular complexity index is 1340. The quantitative estimate of drug-likeness (QED) is 0.233. The largest absolute Gasteiger partial charge is 0.416 e. The molecule has 1 atom stereocenters. The Morgan fingerprint density at radius 2 is 1.59 bits per heavy atom. The van der Waals surface area contributed by atoms with Crippen molar-refractivity contribution in [2.24, 2.45) is 9.50 Å². The molecule has 1 aliphatic heterocycles. The van der Waals surface area contributed by atoms with Crippen molar-refractivity contribution in [3.63, 3.8) is 0 Å². The van der Waals surface area contributed by atoms with Crippen LogP contribution in [-0.4, -0.2) is 31.0 Å². The highest BCUT2D eigenvalue weighted by Gasteiger charge is 2.33. The van der Waals surface area contributed by atoms with Gasteiger partial charge in [-0.25, -0.2) is 5.01 Å². The molecule has 0 spiro atoms. The predicted octanol–water partition coefficient (Wildman–Crippen LogP) is 6.15. The molecule has 1 aliphatic rings. The number of hydrazone groups is 1. The van der Waals surface area contributed by atoms with Crippen molar-refractivity contribution in [2.75, 3.05) is 6.54 Å². The van der Waals surface area contributed by atoms with Crippen molar-refractivity contribution in [1.82, 2.24) is 5.01 Å². The van der Waals surface area contributed by atoms with Crippen LogP contribution in [0.3, 0.4) is 0 Å². The fraction of sp³-hybridized carbons (Fsp3) is 0.130. The van der Waals surface area contributed by atoms with Crippen LogP contribution >= 0.6 is 23.2 Å². The molecule has 0 bridgehead atoms. The molecule has 0 aliphatic carbocycles. The molecular weight excluding hydrogens is 510 g/mol. The molecule has 0 saturated heterocycles. The molecule has 4 rings (SSSR count). The van der Waals surface area contributed by atoms with Crippen molar-refractivity contribution in [2.45, 2.75) is 17.0 Å². The van der Waals surface area contributed by atoms with Crippen LogP contribution in [0.5, 0.6) is 0 Å². The number of hydrogen-bond acceptors (Lipinski definition) is 3. The minimum absolute atomic E-state index is 0.215. The first kappa shape index (κ1) is 24.3. The minimum atomic E-state index is -4.59. The smallest absolute Gasteiger partial charge is 0.236 e. The van der Waals surface area contributed by atoms with E-state index < -0.39 is 32.0 Å².